The van der Waals surface area contributed by atoms with Crippen LogP contribution >= 0.6 is 0 Å². The van der Waals surface area contributed by atoms with Crippen LogP contribution in [0.1, 0.15) is 16.7 Å². The van der Waals surface area contributed by atoms with E-state index in [0.717, 1.165) is 28.1 Å². The minimum absolute atomic E-state index is 0.124. The molecule has 0 saturated carbocycles. The molecular formula is C29H29F2N3O3. The number of carbonyl (C=O) groups excluding carboxylic acids is 1. The van der Waals surface area contributed by atoms with Crippen LogP contribution in [0.5, 0.6) is 0 Å². The van der Waals surface area contributed by atoms with Crippen LogP contribution in [0.2, 0.25) is 0 Å². The van der Waals surface area contributed by atoms with Crippen LogP contribution in [-0.2, 0) is 24.3 Å². The smallest absolute Gasteiger partial charge is 0.410 e. The molecule has 1 saturated heterocycles. The molecule has 1 aliphatic rings. The highest BCUT2D eigenvalue weighted by molar-refractivity contribution is 5.83. The van der Waals surface area contributed by atoms with Crippen molar-refractivity contribution in [3.63, 3.8) is 0 Å². The van der Waals surface area contributed by atoms with E-state index in [0.29, 0.717) is 18.5 Å². The molecule has 5 rings (SSSR count). The Labute approximate surface area is 214 Å². The van der Waals surface area contributed by atoms with Crippen molar-refractivity contribution in [3.8, 4) is 0 Å². The van der Waals surface area contributed by atoms with Gasteiger partial charge < -0.3 is 19.7 Å². The highest BCUT2D eigenvalue weighted by Crippen LogP contribution is 2.24. The van der Waals surface area contributed by atoms with Gasteiger partial charge in [-0.3, -0.25) is 4.90 Å². The number of H-pyrrole nitrogens is 1. The van der Waals surface area contributed by atoms with Gasteiger partial charge in [0.2, 0.25) is 0 Å². The normalized spacial score (nSPS) is 17.6. The maximum atomic E-state index is 13.9. The average Bonchev–Trinajstić information content (AvgIpc) is 3.48. The average molecular weight is 506 g/mol. The third-order valence-electron chi connectivity index (χ3n) is 6.84. The molecular weight excluding hydrogens is 476 g/mol. The van der Waals surface area contributed by atoms with Crippen molar-refractivity contribution in [2.75, 3.05) is 19.6 Å². The number of hydrogen-bond donors (Lipinski definition) is 2. The highest BCUT2D eigenvalue weighted by atomic mass is 19.1. The lowest BCUT2D eigenvalue weighted by Gasteiger charge is -2.30. The quantitative estimate of drug-likeness (QED) is 0.359. The molecule has 2 atom stereocenters. The number of aromatic amines is 1. The van der Waals surface area contributed by atoms with Gasteiger partial charge in [0, 0.05) is 42.8 Å². The van der Waals surface area contributed by atoms with Crippen LogP contribution in [-0.4, -0.2) is 57.8 Å². The fourth-order valence-electron chi connectivity index (χ4n) is 4.99. The van der Waals surface area contributed by atoms with E-state index in [1.54, 1.807) is 0 Å². The number of aliphatic hydroxyl groups is 1. The number of aromatic nitrogens is 1. The van der Waals surface area contributed by atoms with Gasteiger partial charge in [-0.1, -0.05) is 48.5 Å². The van der Waals surface area contributed by atoms with Gasteiger partial charge in [0.25, 0.3) is 0 Å². The van der Waals surface area contributed by atoms with Crippen LogP contribution in [0.4, 0.5) is 13.6 Å². The maximum Gasteiger partial charge on any atom is 0.410 e. The maximum absolute atomic E-state index is 13.9. The number of β-amino-alcohol motifs (C(OH)–C–C–N with tert-alkyl or cyclic N) is 1. The lowest BCUT2D eigenvalue weighted by atomic mass is 10.1. The standard InChI is InChI=1S/C29H29F2N3O3/c30-23-12-21(13-24(31)14-23)16-33(11-10-22-15-32-26-9-5-4-8-25(22)26)27-17-34(18-28(27)35)29(36)37-19-20-6-2-1-3-7-20/h1-9,12-15,27-28,32,35H,10-11,16-19H2/t27-,28-/m1/s1. The zero-order chi connectivity index (χ0) is 25.8. The number of benzene rings is 3. The predicted octanol–water partition coefficient (Wildman–Crippen LogP) is 4.87. The topological polar surface area (TPSA) is 68.8 Å². The summed E-state index contributed by atoms with van der Waals surface area (Å²) in [5.41, 5.74) is 3.48. The largest absolute Gasteiger partial charge is 0.445 e. The first-order valence-corrected chi connectivity index (χ1v) is 12.3. The number of rotatable bonds is 8. The molecule has 2 heterocycles. The van der Waals surface area contributed by atoms with Crippen molar-refractivity contribution in [1.82, 2.24) is 14.8 Å². The number of aliphatic hydroxyl groups excluding tert-OH is 1. The summed E-state index contributed by atoms with van der Waals surface area (Å²) in [4.78, 5) is 19.5. The Kier molecular flexibility index (Phi) is 7.48. The van der Waals surface area contributed by atoms with E-state index in [1.807, 2.05) is 65.7 Å². The number of fused-ring (bicyclic) bond motifs is 1. The van der Waals surface area contributed by atoms with Crippen LogP contribution in [0, 0.1) is 11.6 Å². The van der Waals surface area contributed by atoms with E-state index in [4.69, 9.17) is 4.74 Å². The SMILES string of the molecule is O=C(OCc1ccccc1)N1C[C@@H](O)[C@H](N(CCc2c[nH]c3ccccc23)Cc2cc(F)cc(F)c2)C1. The zero-order valence-electron chi connectivity index (χ0n) is 20.3. The first kappa shape index (κ1) is 24.9. The van der Waals surface area contributed by atoms with Crippen molar-refractivity contribution in [3.05, 3.63) is 107 Å². The molecule has 0 bridgehead atoms. The number of halogens is 2. The second-order valence-electron chi connectivity index (χ2n) is 9.44. The van der Waals surface area contributed by atoms with Gasteiger partial charge in [-0.2, -0.15) is 0 Å². The third kappa shape index (κ3) is 5.98. The molecule has 4 aromatic rings. The molecule has 0 unspecified atom stereocenters. The molecule has 192 valence electrons. The minimum Gasteiger partial charge on any atom is -0.445 e. The molecule has 6 nitrogen and oxygen atoms in total. The minimum atomic E-state index is -0.828. The number of ether oxygens (including phenoxy) is 1. The van der Waals surface area contributed by atoms with Gasteiger partial charge in [0.05, 0.1) is 18.7 Å². The second kappa shape index (κ2) is 11.1. The fraction of sp³-hybridized carbons (Fsp3) is 0.276. The van der Waals surface area contributed by atoms with Gasteiger partial charge in [-0.15, -0.1) is 0 Å². The van der Waals surface area contributed by atoms with E-state index in [-0.39, 0.29) is 26.2 Å². The molecule has 37 heavy (non-hydrogen) atoms. The number of amides is 1. The van der Waals surface area contributed by atoms with Crippen molar-refractivity contribution in [1.29, 1.82) is 0 Å². The van der Waals surface area contributed by atoms with Crippen LogP contribution < -0.4 is 0 Å². The first-order valence-electron chi connectivity index (χ1n) is 12.3. The van der Waals surface area contributed by atoms with Gasteiger partial charge in [0.15, 0.2) is 0 Å². The molecule has 3 aromatic carbocycles. The van der Waals surface area contributed by atoms with Crippen molar-refractivity contribution in [2.45, 2.75) is 31.7 Å². The second-order valence-corrected chi connectivity index (χ2v) is 9.44. The van der Waals surface area contributed by atoms with Gasteiger partial charge >= 0.3 is 6.09 Å². The van der Waals surface area contributed by atoms with Crippen LogP contribution in [0.15, 0.2) is 79.0 Å². The van der Waals surface area contributed by atoms with E-state index in [1.165, 1.54) is 17.0 Å². The summed E-state index contributed by atoms with van der Waals surface area (Å²) in [5.74, 6) is -1.30. The van der Waals surface area contributed by atoms with Gasteiger partial charge in [0.1, 0.15) is 18.2 Å². The summed E-state index contributed by atoms with van der Waals surface area (Å²) in [6.07, 6.45) is 1.29. The van der Waals surface area contributed by atoms with Gasteiger partial charge in [-0.05, 0) is 41.3 Å². The Balaban J connectivity index is 1.31. The molecule has 1 aliphatic heterocycles. The van der Waals surface area contributed by atoms with Crippen molar-refractivity contribution < 1.29 is 23.4 Å². The highest BCUT2D eigenvalue weighted by Gasteiger charge is 2.38. The monoisotopic (exact) mass is 505 g/mol. The molecule has 2 N–H and O–H groups in total. The summed E-state index contributed by atoms with van der Waals surface area (Å²) >= 11 is 0. The molecule has 1 amide bonds. The fourth-order valence-corrected chi connectivity index (χ4v) is 4.99. The number of nitrogens with zero attached hydrogens (tertiary/aromatic N) is 2. The third-order valence-corrected chi connectivity index (χ3v) is 6.84. The predicted molar refractivity (Wildman–Crippen MR) is 137 cm³/mol. The number of hydrogen-bond acceptors (Lipinski definition) is 4. The van der Waals surface area contributed by atoms with Gasteiger partial charge in [-0.25, -0.2) is 13.6 Å². The first-order chi connectivity index (χ1) is 18.0. The summed E-state index contributed by atoms with van der Waals surface area (Å²) in [7, 11) is 0. The molecule has 1 aromatic heterocycles. The van der Waals surface area contributed by atoms with Crippen molar-refractivity contribution >= 4 is 17.0 Å². The number of likely N-dealkylation sites (tertiary alicyclic amines) is 1. The Bertz CT molecular complexity index is 1340. The van der Waals surface area contributed by atoms with Crippen molar-refractivity contribution in [2.24, 2.45) is 0 Å². The van der Waals surface area contributed by atoms with Crippen LogP contribution in [0.3, 0.4) is 0 Å². The Morgan fingerprint density at radius 1 is 1.00 bits per heavy atom. The number of para-hydroxylation sites is 1. The van der Waals surface area contributed by atoms with E-state index >= 15 is 0 Å². The molecule has 0 radical (unpaired) electrons. The van der Waals surface area contributed by atoms with Crippen LogP contribution in [0.25, 0.3) is 10.9 Å². The lowest BCUT2D eigenvalue weighted by Crippen LogP contribution is -2.44. The molecule has 0 aliphatic carbocycles. The lowest BCUT2D eigenvalue weighted by molar-refractivity contribution is 0.0782. The van der Waals surface area contributed by atoms with E-state index in [2.05, 4.69) is 4.98 Å². The number of carbonyl (C=O) groups is 1. The van der Waals surface area contributed by atoms with E-state index in [9.17, 15) is 18.7 Å². The Morgan fingerprint density at radius 3 is 2.51 bits per heavy atom. The molecule has 0 spiro atoms. The van der Waals surface area contributed by atoms with E-state index < -0.39 is 29.9 Å². The summed E-state index contributed by atoms with van der Waals surface area (Å²) in [6.45, 7) is 1.27. The summed E-state index contributed by atoms with van der Waals surface area (Å²) < 4.78 is 33.3. The zero-order valence-corrected chi connectivity index (χ0v) is 20.3. The summed E-state index contributed by atoms with van der Waals surface area (Å²) in [6, 6.07) is 20.4. The molecule has 8 heteroatoms. The number of nitrogens with one attached hydrogen (secondary N) is 1. The molecule has 1 fully saturated rings. The Hall–Kier alpha value is -3.75. The summed E-state index contributed by atoms with van der Waals surface area (Å²) in [5, 5.41) is 12.0. The Morgan fingerprint density at radius 2 is 1.73 bits per heavy atom.